The van der Waals surface area contributed by atoms with Crippen molar-refractivity contribution in [3.8, 4) is 0 Å². The van der Waals surface area contributed by atoms with E-state index in [1.165, 1.54) is 0 Å². The molecule has 1 N–H and O–H groups in total. The van der Waals surface area contributed by atoms with E-state index >= 15 is 0 Å². The molecular weight excluding hydrogens is 387 g/mol. The molecule has 2 fully saturated rings. The Morgan fingerprint density at radius 3 is 2.30 bits per heavy atom. The zero-order valence-corrected chi connectivity index (χ0v) is 16.4. The van der Waals surface area contributed by atoms with E-state index in [4.69, 9.17) is 23.2 Å². The highest BCUT2D eigenvalue weighted by atomic mass is 35.5. The van der Waals surface area contributed by atoms with Gasteiger partial charge in [0.1, 0.15) is 0 Å². The van der Waals surface area contributed by atoms with Crippen molar-refractivity contribution >= 4 is 35.1 Å². The second-order valence-electron chi connectivity index (χ2n) is 7.69. The van der Waals surface area contributed by atoms with Crippen molar-refractivity contribution in [3.63, 3.8) is 0 Å². The molecule has 0 unspecified atom stereocenters. The fourth-order valence-corrected chi connectivity index (χ4v) is 5.05. The van der Waals surface area contributed by atoms with E-state index in [-0.39, 0.29) is 17.7 Å². The van der Waals surface area contributed by atoms with Crippen LogP contribution in [0.3, 0.4) is 0 Å². The smallest absolute Gasteiger partial charge is 0.307 e. The third-order valence-corrected chi connectivity index (χ3v) is 6.84. The van der Waals surface area contributed by atoms with Crippen LogP contribution in [-0.2, 0) is 16.1 Å². The summed E-state index contributed by atoms with van der Waals surface area (Å²) in [6, 6.07) is 5.64. The quantitative estimate of drug-likeness (QED) is 0.777. The Morgan fingerprint density at radius 2 is 1.67 bits per heavy atom. The molecule has 1 aromatic carbocycles. The minimum atomic E-state index is -0.844. The van der Waals surface area contributed by atoms with E-state index in [0.29, 0.717) is 23.1 Å². The van der Waals surface area contributed by atoms with Gasteiger partial charge in [0.05, 0.1) is 21.9 Å². The van der Waals surface area contributed by atoms with Gasteiger partial charge in [-0.15, -0.1) is 0 Å². The highest BCUT2D eigenvalue weighted by Crippen LogP contribution is 2.48. The van der Waals surface area contributed by atoms with Gasteiger partial charge in [0, 0.05) is 32.7 Å². The number of amides is 1. The predicted molar refractivity (Wildman–Crippen MR) is 104 cm³/mol. The van der Waals surface area contributed by atoms with Gasteiger partial charge in [-0.1, -0.05) is 41.4 Å². The Kier molecular flexibility index (Phi) is 5.19. The van der Waals surface area contributed by atoms with Gasteiger partial charge < -0.3 is 10.0 Å². The molecule has 5 nitrogen and oxygen atoms in total. The number of rotatable bonds is 4. The van der Waals surface area contributed by atoms with E-state index in [2.05, 4.69) is 4.90 Å². The van der Waals surface area contributed by atoms with Crippen LogP contribution < -0.4 is 0 Å². The van der Waals surface area contributed by atoms with Crippen LogP contribution in [0.2, 0.25) is 10.0 Å². The first kappa shape index (κ1) is 18.8. The number of carboxylic acid groups (broad SMARTS) is 1. The van der Waals surface area contributed by atoms with Crippen LogP contribution >= 0.6 is 23.2 Å². The number of hydrogen-bond acceptors (Lipinski definition) is 3. The van der Waals surface area contributed by atoms with Gasteiger partial charge in [-0.2, -0.15) is 0 Å². The highest BCUT2D eigenvalue weighted by molar-refractivity contribution is 6.42. The normalized spacial score (nSPS) is 30.1. The number of carboxylic acids is 1. The first-order chi connectivity index (χ1) is 12.9. The van der Waals surface area contributed by atoms with E-state index in [9.17, 15) is 14.7 Å². The van der Waals surface area contributed by atoms with Crippen LogP contribution in [0.1, 0.15) is 12.0 Å². The summed E-state index contributed by atoms with van der Waals surface area (Å²) in [5.41, 5.74) is 1.09. The van der Waals surface area contributed by atoms with Crippen LogP contribution in [0.25, 0.3) is 0 Å². The molecular formula is C20H22Cl2N2O3. The fourth-order valence-electron chi connectivity index (χ4n) is 4.73. The molecule has 0 radical (unpaired) electrons. The number of benzene rings is 1. The minimum absolute atomic E-state index is 0.00781. The second kappa shape index (κ2) is 7.46. The van der Waals surface area contributed by atoms with Crippen LogP contribution in [0, 0.1) is 23.7 Å². The Balaban J connectivity index is 1.36. The summed E-state index contributed by atoms with van der Waals surface area (Å²) in [5.74, 6) is -1.71. The van der Waals surface area contributed by atoms with Gasteiger partial charge in [-0.25, -0.2) is 0 Å². The summed E-state index contributed by atoms with van der Waals surface area (Å²) >= 11 is 12.0. The van der Waals surface area contributed by atoms with Crippen LogP contribution in [0.4, 0.5) is 0 Å². The SMILES string of the molecule is O=C(O)[C@H]1[C@@H](C(=O)N2CCN(Cc3ccc(Cl)c(Cl)c3)CC2)[C@H]2C=C[C@@H]1C2. The number of allylic oxidation sites excluding steroid dienone is 2. The topological polar surface area (TPSA) is 60.9 Å². The summed E-state index contributed by atoms with van der Waals surface area (Å²) < 4.78 is 0. The van der Waals surface area contributed by atoms with Crippen molar-refractivity contribution in [2.75, 3.05) is 26.2 Å². The molecule has 1 saturated heterocycles. The molecule has 0 aromatic heterocycles. The molecule has 7 heteroatoms. The molecule has 1 aromatic rings. The standard InChI is InChI=1S/C20H22Cl2N2O3/c21-15-4-1-12(9-16(15)22)11-23-5-7-24(8-6-23)19(25)17-13-2-3-14(10-13)18(17)20(26)27/h1-4,9,13-14,17-18H,5-8,10-11H2,(H,26,27)/t13-,14+,17-,18+/m0/s1. The molecule has 3 aliphatic rings. The van der Waals surface area contributed by atoms with E-state index in [1.54, 1.807) is 6.07 Å². The molecule has 1 saturated carbocycles. The lowest BCUT2D eigenvalue weighted by atomic mass is 9.82. The number of aliphatic carboxylic acids is 1. The highest BCUT2D eigenvalue weighted by Gasteiger charge is 2.52. The molecule has 144 valence electrons. The number of carbonyl (C=O) groups is 2. The minimum Gasteiger partial charge on any atom is -0.481 e. The zero-order valence-electron chi connectivity index (χ0n) is 14.9. The Bertz CT molecular complexity index is 789. The van der Waals surface area contributed by atoms with Gasteiger partial charge in [-0.05, 0) is 36.0 Å². The van der Waals surface area contributed by atoms with E-state index < -0.39 is 17.8 Å². The lowest BCUT2D eigenvalue weighted by molar-refractivity contribution is -0.151. The summed E-state index contributed by atoms with van der Waals surface area (Å²) in [6.45, 7) is 3.54. The first-order valence-corrected chi connectivity index (χ1v) is 10.1. The van der Waals surface area contributed by atoms with Gasteiger partial charge in [0.2, 0.25) is 5.91 Å². The maximum absolute atomic E-state index is 13.0. The number of fused-ring (bicyclic) bond motifs is 2. The van der Waals surface area contributed by atoms with Crippen LogP contribution in [0.15, 0.2) is 30.4 Å². The fraction of sp³-hybridized carbons (Fsp3) is 0.500. The molecule has 2 aliphatic carbocycles. The maximum atomic E-state index is 13.0. The summed E-state index contributed by atoms with van der Waals surface area (Å²) in [6.07, 6.45) is 4.81. The van der Waals surface area contributed by atoms with Gasteiger partial charge in [0.15, 0.2) is 0 Å². The van der Waals surface area contributed by atoms with Crippen molar-refractivity contribution in [1.82, 2.24) is 9.80 Å². The van der Waals surface area contributed by atoms with Crippen molar-refractivity contribution in [3.05, 3.63) is 46.0 Å². The average Bonchev–Trinajstić information content (AvgIpc) is 3.26. The summed E-state index contributed by atoms with van der Waals surface area (Å²) in [5, 5.41) is 10.7. The van der Waals surface area contributed by atoms with Crippen molar-refractivity contribution in [1.29, 1.82) is 0 Å². The number of piperazine rings is 1. The largest absolute Gasteiger partial charge is 0.481 e. The van der Waals surface area contributed by atoms with Crippen LogP contribution in [-0.4, -0.2) is 53.0 Å². The van der Waals surface area contributed by atoms with Gasteiger partial charge >= 0.3 is 5.97 Å². The Morgan fingerprint density at radius 1 is 1.00 bits per heavy atom. The summed E-state index contributed by atoms with van der Waals surface area (Å²) in [7, 11) is 0. The Labute approximate surface area is 168 Å². The average molecular weight is 409 g/mol. The lowest BCUT2D eigenvalue weighted by Crippen LogP contribution is -2.52. The first-order valence-electron chi connectivity index (χ1n) is 9.30. The zero-order chi connectivity index (χ0) is 19.1. The number of nitrogens with zero attached hydrogens (tertiary/aromatic N) is 2. The van der Waals surface area contributed by atoms with Crippen LogP contribution in [0.5, 0.6) is 0 Å². The monoisotopic (exact) mass is 408 g/mol. The van der Waals surface area contributed by atoms with Crippen molar-refractivity contribution in [2.45, 2.75) is 13.0 Å². The molecule has 1 aliphatic heterocycles. The summed E-state index contributed by atoms with van der Waals surface area (Å²) in [4.78, 5) is 28.8. The second-order valence-corrected chi connectivity index (χ2v) is 8.50. The molecule has 4 atom stereocenters. The number of halogens is 2. The van der Waals surface area contributed by atoms with Gasteiger partial charge in [0.25, 0.3) is 0 Å². The van der Waals surface area contributed by atoms with Crippen molar-refractivity contribution in [2.24, 2.45) is 23.7 Å². The third kappa shape index (κ3) is 3.60. The predicted octanol–water partition coefficient (Wildman–Crippen LogP) is 3.16. The molecule has 1 heterocycles. The third-order valence-electron chi connectivity index (χ3n) is 6.10. The van der Waals surface area contributed by atoms with E-state index in [1.807, 2.05) is 29.2 Å². The molecule has 4 rings (SSSR count). The number of carbonyl (C=O) groups excluding carboxylic acids is 1. The van der Waals surface area contributed by atoms with E-state index in [0.717, 1.165) is 31.6 Å². The molecule has 2 bridgehead atoms. The molecule has 0 spiro atoms. The Hall–Kier alpha value is -1.56. The lowest BCUT2D eigenvalue weighted by Gasteiger charge is -2.37. The van der Waals surface area contributed by atoms with Crippen molar-refractivity contribution < 1.29 is 14.7 Å². The number of hydrogen-bond donors (Lipinski definition) is 1. The molecule has 1 amide bonds. The maximum Gasteiger partial charge on any atom is 0.307 e. The molecule has 27 heavy (non-hydrogen) atoms. The van der Waals surface area contributed by atoms with Gasteiger partial charge in [-0.3, -0.25) is 14.5 Å².